The summed E-state index contributed by atoms with van der Waals surface area (Å²) in [5.74, 6) is -0.317. The van der Waals surface area contributed by atoms with Crippen molar-refractivity contribution in [2.45, 2.75) is 19.1 Å². The van der Waals surface area contributed by atoms with E-state index < -0.39 is 12.1 Å². The Bertz CT molecular complexity index is 945. The van der Waals surface area contributed by atoms with Gasteiger partial charge in [-0.05, 0) is 35.7 Å². The molecule has 158 valence electrons. The number of hydrogen-bond acceptors (Lipinski definition) is 6. The van der Waals surface area contributed by atoms with Crippen LogP contribution in [0.4, 0.5) is 0 Å². The first kappa shape index (κ1) is 20.4. The number of rotatable bonds is 5. The monoisotopic (exact) mass is 410 g/mol. The summed E-state index contributed by atoms with van der Waals surface area (Å²) in [6, 6.07) is 13.0. The number of carbonyl (C=O) groups is 2. The molecule has 2 aliphatic rings. The Labute approximate surface area is 175 Å². The zero-order valence-electron chi connectivity index (χ0n) is 17.0. The molecular weight excluding hydrogens is 384 g/mol. The van der Waals surface area contributed by atoms with Crippen molar-refractivity contribution in [3.8, 4) is 5.75 Å². The van der Waals surface area contributed by atoms with Gasteiger partial charge >= 0.3 is 5.97 Å². The molecule has 2 aliphatic heterocycles. The number of β-amino-alcohol motifs (C(OH)–C–C–N with tert-alkyl or cyclic N) is 1. The van der Waals surface area contributed by atoms with E-state index in [2.05, 4.69) is 23.1 Å². The number of ether oxygens (including phenoxy) is 2. The van der Waals surface area contributed by atoms with Gasteiger partial charge in [-0.2, -0.15) is 0 Å². The van der Waals surface area contributed by atoms with Gasteiger partial charge in [0.1, 0.15) is 12.4 Å². The minimum absolute atomic E-state index is 0.207. The Morgan fingerprint density at radius 1 is 1.17 bits per heavy atom. The maximum Gasteiger partial charge on any atom is 0.337 e. The summed E-state index contributed by atoms with van der Waals surface area (Å²) in [5.41, 5.74) is 3.39. The molecule has 4 rings (SSSR count). The molecule has 0 aliphatic carbocycles. The van der Waals surface area contributed by atoms with Crippen molar-refractivity contribution in [2.75, 3.05) is 39.9 Å². The van der Waals surface area contributed by atoms with E-state index in [0.29, 0.717) is 36.6 Å². The number of carbonyl (C=O) groups excluding carboxylic acids is 2. The third-order valence-electron chi connectivity index (χ3n) is 5.65. The van der Waals surface area contributed by atoms with E-state index in [4.69, 9.17) is 9.47 Å². The Morgan fingerprint density at radius 3 is 2.77 bits per heavy atom. The van der Waals surface area contributed by atoms with Crippen LogP contribution < -0.4 is 4.74 Å². The highest BCUT2D eigenvalue weighted by atomic mass is 16.5. The average Bonchev–Trinajstić information content (AvgIpc) is 2.91. The third kappa shape index (κ3) is 4.32. The van der Waals surface area contributed by atoms with Crippen LogP contribution in [0.5, 0.6) is 5.75 Å². The average molecular weight is 410 g/mol. The minimum Gasteiger partial charge on any atom is -0.491 e. The summed E-state index contributed by atoms with van der Waals surface area (Å²) in [5, 5.41) is 10.7. The van der Waals surface area contributed by atoms with Crippen LogP contribution in [0.15, 0.2) is 42.5 Å². The van der Waals surface area contributed by atoms with Crippen molar-refractivity contribution in [2.24, 2.45) is 0 Å². The van der Waals surface area contributed by atoms with Gasteiger partial charge in [-0.1, -0.05) is 24.3 Å². The number of aliphatic hydroxyl groups is 1. The highest BCUT2D eigenvalue weighted by Crippen LogP contribution is 2.25. The molecule has 0 radical (unpaired) electrons. The van der Waals surface area contributed by atoms with Gasteiger partial charge in [0.25, 0.3) is 5.91 Å². The third-order valence-corrected chi connectivity index (χ3v) is 5.65. The van der Waals surface area contributed by atoms with Crippen LogP contribution in [0.2, 0.25) is 0 Å². The maximum atomic E-state index is 13.0. The van der Waals surface area contributed by atoms with E-state index in [9.17, 15) is 14.7 Å². The molecule has 0 spiro atoms. The van der Waals surface area contributed by atoms with Crippen LogP contribution in [-0.4, -0.2) is 72.8 Å². The van der Waals surface area contributed by atoms with Crippen molar-refractivity contribution in [1.82, 2.24) is 9.80 Å². The number of methoxy groups -OCH3 is 1. The molecule has 1 amide bonds. The Hall–Kier alpha value is -2.90. The van der Waals surface area contributed by atoms with Crippen molar-refractivity contribution in [1.29, 1.82) is 0 Å². The Balaban J connectivity index is 1.40. The molecule has 0 unspecified atom stereocenters. The minimum atomic E-state index is -0.657. The number of nitrogens with zero attached hydrogens (tertiary/aromatic N) is 2. The van der Waals surface area contributed by atoms with Crippen LogP contribution >= 0.6 is 0 Å². The second kappa shape index (κ2) is 8.85. The molecule has 0 saturated carbocycles. The lowest BCUT2D eigenvalue weighted by Gasteiger charge is -2.32. The van der Waals surface area contributed by atoms with E-state index in [1.54, 1.807) is 17.0 Å². The molecule has 1 N–H and O–H groups in total. The molecule has 0 fully saturated rings. The van der Waals surface area contributed by atoms with E-state index in [1.807, 2.05) is 6.07 Å². The maximum absolute atomic E-state index is 13.0. The lowest BCUT2D eigenvalue weighted by atomic mass is 10.00. The fraction of sp³-hybridized carbons (Fsp3) is 0.391. The fourth-order valence-corrected chi connectivity index (χ4v) is 4.10. The smallest absolute Gasteiger partial charge is 0.337 e. The number of benzene rings is 2. The lowest BCUT2D eigenvalue weighted by molar-refractivity contribution is 0.0501. The molecule has 1 atom stereocenters. The molecule has 7 nitrogen and oxygen atoms in total. The molecule has 0 saturated heterocycles. The van der Waals surface area contributed by atoms with Crippen molar-refractivity contribution >= 4 is 11.9 Å². The van der Waals surface area contributed by atoms with Crippen LogP contribution in [-0.2, 0) is 17.7 Å². The molecule has 2 aromatic carbocycles. The molecule has 7 heteroatoms. The topological polar surface area (TPSA) is 79.3 Å². The predicted octanol–water partition coefficient (Wildman–Crippen LogP) is 1.73. The summed E-state index contributed by atoms with van der Waals surface area (Å²) in [4.78, 5) is 28.6. The molecule has 0 aromatic heterocycles. The molecule has 30 heavy (non-hydrogen) atoms. The summed E-state index contributed by atoms with van der Waals surface area (Å²) >= 11 is 0. The molecule has 2 heterocycles. The first-order chi connectivity index (χ1) is 14.5. The second-order valence-corrected chi connectivity index (χ2v) is 7.71. The van der Waals surface area contributed by atoms with Crippen LogP contribution in [0.25, 0.3) is 0 Å². The standard InChI is InChI=1S/C23H26N2O5/c1-29-23(28)17-6-7-20-21(12-17)30-11-10-25(22(20)27)15-19(26)14-24-9-8-16-4-2-3-5-18(16)13-24/h2-7,12,19,26H,8-11,13-15H2,1H3/t19-/m1/s1. The van der Waals surface area contributed by atoms with Crippen molar-refractivity contribution < 1.29 is 24.2 Å². The molecular formula is C23H26N2O5. The number of fused-ring (bicyclic) bond motifs is 2. The van der Waals surface area contributed by atoms with Gasteiger partial charge in [0, 0.05) is 26.2 Å². The van der Waals surface area contributed by atoms with Gasteiger partial charge < -0.3 is 19.5 Å². The fourth-order valence-electron chi connectivity index (χ4n) is 4.10. The highest BCUT2D eigenvalue weighted by molar-refractivity contribution is 5.99. The summed E-state index contributed by atoms with van der Waals surface area (Å²) < 4.78 is 10.4. The van der Waals surface area contributed by atoms with Gasteiger partial charge in [0.15, 0.2) is 0 Å². The van der Waals surface area contributed by atoms with Crippen LogP contribution in [0.1, 0.15) is 31.8 Å². The van der Waals surface area contributed by atoms with E-state index >= 15 is 0 Å². The largest absolute Gasteiger partial charge is 0.491 e. The van der Waals surface area contributed by atoms with Gasteiger partial charge in [-0.15, -0.1) is 0 Å². The number of amides is 1. The normalized spacial score (nSPS) is 17.4. The zero-order chi connectivity index (χ0) is 21.1. The van der Waals surface area contributed by atoms with Gasteiger partial charge in [-0.3, -0.25) is 9.69 Å². The van der Waals surface area contributed by atoms with Crippen molar-refractivity contribution in [3.63, 3.8) is 0 Å². The van der Waals surface area contributed by atoms with Gasteiger partial charge in [-0.25, -0.2) is 4.79 Å². The highest BCUT2D eigenvalue weighted by Gasteiger charge is 2.27. The lowest BCUT2D eigenvalue weighted by Crippen LogP contribution is -2.44. The van der Waals surface area contributed by atoms with Crippen molar-refractivity contribution in [3.05, 3.63) is 64.7 Å². The van der Waals surface area contributed by atoms with E-state index in [1.165, 1.54) is 24.3 Å². The van der Waals surface area contributed by atoms with E-state index in [0.717, 1.165) is 19.5 Å². The Morgan fingerprint density at radius 2 is 1.97 bits per heavy atom. The number of hydrogen-bond donors (Lipinski definition) is 1. The molecule has 2 aromatic rings. The SMILES string of the molecule is COC(=O)c1ccc2c(c1)OCCN(C[C@H](O)CN1CCc3ccccc3C1)C2=O. The summed E-state index contributed by atoms with van der Waals surface area (Å²) in [6.07, 6.45) is 0.310. The predicted molar refractivity (Wildman–Crippen MR) is 111 cm³/mol. The van der Waals surface area contributed by atoms with Gasteiger partial charge in [0.2, 0.25) is 0 Å². The molecule has 0 bridgehead atoms. The zero-order valence-corrected chi connectivity index (χ0v) is 17.0. The van der Waals surface area contributed by atoms with E-state index in [-0.39, 0.29) is 12.5 Å². The van der Waals surface area contributed by atoms with Crippen LogP contribution in [0, 0.1) is 0 Å². The van der Waals surface area contributed by atoms with Gasteiger partial charge in [0.05, 0.1) is 30.9 Å². The second-order valence-electron chi connectivity index (χ2n) is 7.71. The first-order valence-electron chi connectivity index (χ1n) is 10.2. The number of esters is 1. The number of aliphatic hydroxyl groups excluding tert-OH is 1. The quantitative estimate of drug-likeness (QED) is 0.757. The van der Waals surface area contributed by atoms with Crippen LogP contribution in [0.3, 0.4) is 0 Å². The summed E-state index contributed by atoms with van der Waals surface area (Å²) in [6.45, 7) is 3.12. The first-order valence-corrected chi connectivity index (χ1v) is 10.2. The Kier molecular flexibility index (Phi) is 6.01. The summed E-state index contributed by atoms with van der Waals surface area (Å²) in [7, 11) is 1.31.